The Labute approximate surface area is 116 Å². The molecule has 0 radical (unpaired) electrons. The first kappa shape index (κ1) is 13.9. The first-order valence-electron chi connectivity index (χ1n) is 5.72. The first-order valence-corrected chi connectivity index (χ1v) is 6.52. The van der Waals surface area contributed by atoms with Gasteiger partial charge in [-0.1, -0.05) is 13.0 Å². The average Bonchev–Trinajstić information content (AvgIpc) is 2.37. The summed E-state index contributed by atoms with van der Waals surface area (Å²) >= 11 is 3.15. The number of nitrogens with zero attached hydrogens (tertiary/aromatic N) is 1. The van der Waals surface area contributed by atoms with Crippen molar-refractivity contribution in [1.29, 1.82) is 0 Å². The molecule has 2 rings (SSSR count). The number of aromatic nitrogens is 2. The minimum atomic E-state index is -0.649. The van der Waals surface area contributed by atoms with Gasteiger partial charge in [0.2, 0.25) is 0 Å². The van der Waals surface area contributed by atoms with E-state index < -0.39 is 11.6 Å². The topological polar surface area (TPSA) is 45.8 Å². The van der Waals surface area contributed by atoms with E-state index >= 15 is 0 Å². The lowest BCUT2D eigenvalue weighted by atomic mass is 10.1. The number of hydrogen-bond acceptors (Lipinski definition) is 2. The molecule has 0 aliphatic carbocycles. The van der Waals surface area contributed by atoms with Gasteiger partial charge in [0.15, 0.2) is 0 Å². The van der Waals surface area contributed by atoms with Crippen LogP contribution in [0.4, 0.5) is 8.78 Å². The van der Waals surface area contributed by atoms with Crippen molar-refractivity contribution in [3.8, 4) is 0 Å². The summed E-state index contributed by atoms with van der Waals surface area (Å²) < 4.78 is 26.7. The second-order valence-corrected chi connectivity index (χ2v) is 4.83. The van der Waals surface area contributed by atoms with Gasteiger partial charge in [-0.25, -0.2) is 13.8 Å². The normalized spacial score (nSPS) is 10.7. The summed E-state index contributed by atoms with van der Waals surface area (Å²) in [4.78, 5) is 18.5. The van der Waals surface area contributed by atoms with Crippen molar-refractivity contribution in [2.24, 2.45) is 0 Å². The minimum Gasteiger partial charge on any atom is -0.309 e. The number of hydrogen-bond donors (Lipinski definition) is 1. The summed E-state index contributed by atoms with van der Waals surface area (Å²) in [6.07, 6.45) is 0.699. The molecule has 0 saturated heterocycles. The Kier molecular flexibility index (Phi) is 4.09. The Hall–Kier alpha value is -1.56. The Morgan fingerprint density at radius 3 is 2.74 bits per heavy atom. The van der Waals surface area contributed by atoms with Crippen molar-refractivity contribution >= 4 is 15.9 Å². The van der Waals surface area contributed by atoms with Gasteiger partial charge in [0.25, 0.3) is 5.56 Å². The highest BCUT2D eigenvalue weighted by Gasteiger charge is 2.10. The van der Waals surface area contributed by atoms with Gasteiger partial charge in [0, 0.05) is 12.5 Å². The molecule has 1 heterocycles. The van der Waals surface area contributed by atoms with E-state index in [-0.39, 0.29) is 17.5 Å². The van der Waals surface area contributed by atoms with Crippen LogP contribution in [-0.4, -0.2) is 9.97 Å². The molecular weight excluding hydrogens is 318 g/mol. The molecule has 1 aromatic carbocycles. The number of aromatic amines is 1. The van der Waals surface area contributed by atoms with E-state index in [1.54, 1.807) is 0 Å². The van der Waals surface area contributed by atoms with E-state index in [0.717, 1.165) is 6.07 Å². The van der Waals surface area contributed by atoms with Crippen LogP contribution in [0.3, 0.4) is 0 Å². The van der Waals surface area contributed by atoms with Crippen LogP contribution in [0.2, 0.25) is 0 Å². The van der Waals surface area contributed by atoms with Crippen LogP contribution in [0.25, 0.3) is 0 Å². The summed E-state index contributed by atoms with van der Waals surface area (Å²) in [7, 11) is 0. The van der Waals surface area contributed by atoms with Crippen molar-refractivity contribution in [3.63, 3.8) is 0 Å². The summed E-state index contributed by atoms with van der Waals surface area (Å²) in [5, 5.41) is 0. The van der Waals surface area contributed by atoms with E-state index in [2.05, 4.69) is 25.9 Å². The molecule has 0 fully saturated rings. The Morgan fingerprint density at radius 1 is 1.37 bits per heavy atom. The molecule has 0 unspecified atom stereocenters. The van der Waals surface area contributed by atoms with Crippen molar-refractivity contribution in [2.45, 2.75) is 19.8 Å². The van der Waals surface area contributed by atoms with Gasteiger partial charge in [-0.05, 0) is 34.0 Å². The van der Waals surface area contributed by atoms with Gasteiger partial charge >= 0.3 is 0 Å². The largest absolute Gasteiger partial charge is 0.309 e. The number of H-pyrrole nitrogens is 1. The first-order chi connectivity index (χ1) is 9.01. The number of benzene rings is 1. The summed E-state index contributed by atoms with van der Waals surface area (Å²) in [6, 6.07) is 3.33. The third kappa shape index (κ3) is 3.07. The fourth-order valence-corrected chi connectivity index (χ4v) is 2.19. The lowest BCUT2D eigenvalue weighted by Crippen LogP contribution is -2.16. The van der Waals surface area contributed by atoms with Gasteiger partial charge in [-0.15, -0.1) is 0 Å². The third-order valence-electron chi connectivity index (χ3n) is 2.69. The molecule has 1 aromatic heterocycles. The molecule has 6 heteroatoms. The lowest BCUT2D eigenvalue weighted by molar-refractivity contribution is 0.573. The SMILES string of the molecule is CCc1nc(Cc2ccc(F)cc2F)[nH]c(=O)c1Br. The molecular formula is C13H11BrF2N2O. The molecule has 0 aliphatic rings. The van der Waals surface area contributed by atoms with E-state index in [1.807, 2.05) is 6.92 Å². The molecule has 1 N–H and O–H groups in total. The van der Waals surface area contributed by atoms with E-state index in [9.17, 15) is 13.6 Å². The van der Waals surface area contributed by atoms with Crippen molar-refractivity contribution in [2.75, 3.05) is 0 Å². The van der Waals surface area contributed by atoms with Crippen LogP contribution in [-0.2, 0) is 12.8 Å². The van der Waals surface area contributed by atoms with E-state index in [4.69, 9.17) is 0 Å². The summed E-state index contributed by atoms with van der Waals surface area (Å²) in [5.74, 6) is -0.924. The molecule has 0 amide bonds. The van der Waals surface area contributed by atoms with E-state index in [0.29, 0.717) is 22.4 Å². The maximum absolute atomic E-state index is 13.5. The highest BCUT2D eigenvalue weighted by atomic mass is 79.9. The van der Waals surface area contributed by atoms with Crippen LogP contribution < -0.4 is 5.56 Å². The minimum absolute atomic E-state index is 0.113. The van der Waals surface area contributed by atoms with Crippen molar-refractivity contribution in [1.82, 2.24) is 9.97 Å². The number of rotatable bonds is 3. The smallest absolute Gasteiger partial charge is 0.265 e. The van der Waals surface area contributed by atoms with Gasteiger partial charge in [-0.2, -0.15) is 0 Å². The molecule has 19 heavy (non-hydrogen) atoms. The quantitative estimate of drug-likeness (QED) is 0.941. The predicted octanol–water partition coefficient (Wildman–Crippen LogP) is 2.96. The molecule has 0 aliphatic heterocycles. The highest BCUT2D eigenvalue weighted by molar-refractivity contribution is 9.10. The van der Waals surface area contributed by atoms with Gasteiger partial charge in [-0.3, -0.25) is 4.79 Å². The average molecular weight is 329 g/mol. The zero-order valence-electron chi connectivity index (χ0n) is 10.1. The molecule has 3 nitrogen and oxygen atoms in total. The maximum Gasteiger partial charge on any atom is 0.265 e. The van der Waals surface area contributed by atoms with Gasteiger partial charge in [0.1, 0.15) is 21.9 Å². The molecule has 0 spiro atoms. The lowest BCUT2D eigenvalue weighted by Gasteiger charge is -2.06. The van der Waals surface area contributed by atoms with Crippen molar-refractivity contribution in [3.05, 3.63) is 61.7 Å². The van der Waals surface area contributed by atoms with Crippen LogP contribution in [0.1, 0.15) is 24.0 Å². The van der Waals surface area contributed by atoms with E-state index in [1.165, 1.54) is 12.1 Å². The zero-order chi connectivity index (χ0) is 14.0. The Bertz CT molecular complexity index is 670. The van der Waals surface area contributed by atoms with Crippen molar-refractivity contribution < 1.29 is 8.78 Å². The number of aryl methyl sites for hydroxylation is 1. The van der Waals surface area contributed by atoms with Gasteiger partial charge < -0.3 is 4.98 Å². The standard InChI is InChI=1S/C13H11BrF2N2O/c1-2-10-12(14)13(19)18-11(17-10)5-7-3-4-8(15)6-9(7)16/h3-4,6H,2,5H2,1H3,(H,17,18,19). The molecule has 100 valence electrons. The second kappa shape index (κ2) is 5.61. The molecule has 0 atom stereocenters. The molecule has 2 aromatic rings. The fraction of sp³-hybridized carbons (Fsp3) is 0.231. The Morgan fingerprint density at radius 2 is 2.11 bits per heavy atom. The van der Waals surface area contributed by atoms with Crippen LogP contribution in [0, 0.1) is 11.6 Å². The molecule has 0 bridgehead atoms. The Balaban J connectivity index is 2.38. The number of halogens is 3. The van der Waals surface area contributed by atoms with Crippen LogP contribution in [0.15, 0.2) is 27.5 Å². The van der Waals surface area contributed by atoms with Crippen LogP contribution >= 0.6 is 15.9 Å². The fourth-order valence-electron chi connectivity index (χ4n) is 1.72. The monoisotopic (exact) mass is 328 g/mol. The zero-order valence-corrected chi connectivity index (χ0v) is 11.7. The van der Waals surface area contributed by atoms with Crippen LogP contribution in [0.5, 0.6) is 0 Å². The summed E-state index contributed by atoms with van der Waals surface area (Å²) in [6.45, 7) is 1.87. The maximum atomic E-state index is 13.5. The summed E-state index contributed by atoms with van der Waals surface area (Å²) in [5.41, 5.74) is 0.597. The predicted molar refractivity (Wildman–Crippen MR) is 71.1 cm³/mol. The molecule has 0 saturated carbocycles. The highest BCUT2D eigenvalue weighted by Crippen LogP contribution is 2.14. The van der Waals surface area contributed by atoms with Gasteiger partial charge in [0.05, 0.1) is 5.69 Å². The number of nitrogens with one attached hydrogen (secondary N) is 1. The third-order valence-corrected chi connectivity index (χ3v) is 3.51. The second-order valence-electron chi connectivity index (χ2n) is 4.04.